The van der Waals surface area contributed by atoms with Gasteiger partial charge in [-0.05, 0) is 39.3 Å². The number of hydrogen-bond donors (Lipinski definition) is 2. The van der Waals surface area contributed by atoms with Crippen molar-refractivity contribution in [1.82, 2.24) is 4.90 Å². The highest BCUT2D eigenvalue weighted by Crippen LogP contribution is 2.40. The molecule has 2 amide bonds. The van der Waals surface area contributed by atoms with E-state index in [2.05, 4.69) is 0 Å². The second kappa shape index (κ2) is 7.71. The summed E-state index contributed by atoms with van der Waals surface area (Å²) in [5.74, 6) is 0.761. The maximum Gasteiger partial charge on any atom is 0.331 e. The number of guanidine groups is 1. The number of rotatable bonds is 5. The molecule has 0 aromatic heterocycles. The van der Waals surface area contributed by atoms with E-state index in [1.807, 2.05) is 27.7 Å². The molecule has 0 spiro atoms. The lowest BCUT2D eigenvalue weighted by Gasteiger charge is -2.30. The maximum atomic E-state index is 12.8. The summed E-state index contributed by atoms with van der Waals surface area (Å²) in [6.45, 7) is 8.49. The molecule has 3 N–H and O–H groups in total. The summed E-state index contributed by atoms with van der Waals surface area (Å²) >= 11 is 0. The van der Waals surface area contributed by atoms with E-state index >= 15 is 0 Å². The van der Waals surface area contributed by atoms with Crippen LogP contribution in [0.3, 0.4) is 0 Å². The first-order chi connectivity index (χ1) is 10.8. The first-order valence-electron chi connectivity index (χ1n) is 7.49. The summed E-state index contributed by atoms with van der Waals surface area (Å²) in [5.41, 5.74) is 7.72. The van der Waals surface area contributed by atoms with Crippen molar-refractivity contribution < 1.29 is 14.3 Å². The number of ether oxygens (including phenoxy) is 2. The van der Waals surface area contributed by atoms with Crippen LogP contribution < -0.4 is 20.1 Å². The number of nitrogens with zero attached hydrogens (tertiary/aromatic N) is 2. The minimum Gasteiger partial charge on any atom is -0.493 e. The first-order valence-corrected chi connectivity index (χ1v) is 7.49. The van der Waals surface area contributed by atoms with E-state index in [0.717, 1.165) is 5.56 Å². The SMILES string of the molecule is CCN(CC)C(=O)N(C(=N)N)c1c(C)cc(OC)c(OC)c1C. The maximum absolute atomic E-state index is 12.8. The van der Waals surface area contributed by atoms with Crippen LogP contribution in [0.2, 0.25) is 0 Å². The molecule has 0 saturated heterocycles. The predicted molar refractivity (Wildman–Crippen MR) is 91.7 cm³/mol. The molecule has 1 rings (SSSR count). The van der Waals surface area contributed by atoms with Crippen LogP contribution in [0.5, 0.6) is 11.5 Å². The number of urea groups is 1. The van der Waals surface area contributed by atoms with Crippen LogP contribution in [0.25, 0.3) is 0 Å². The predicted octanol–water partition coefficient (Wildman–Crippen LogP) is 2.48. The van der Waals surface area contributed by atoms with Gasteiger partial charge in [-0.25, -0.2) is 9.69 Å². The zero-order valence-electron chi connectivity index (χ0n) is 14.7. The number of amides is 2. The van der Waals surface area contributed by atoms with E-state index in [-0.39, 0.29) is 12.0 Å². The minimum atomic E-state index is -0.333. The van der Waals surface area contributed by atoms with Crippen molar-refractivity contribution in [1.29, 1.82) is 5.41 Å². The van der Waals surface area contributed by atoms with Crippen LogP contribution in [0.15, 0.2) is 6.07 Å². The fourth-order valence-electron chi connectivity index (χ4n) is 2.62. The number of carbonyl (C=O) groups is 1. The number of nitrogens with one attached hydrogen (secondary N) is 1. The quantitative estimate of drug-likeness (QED) is 0.643. The molecule has 0 atom stereocenters. The zero-order valence-corrected chi connectivity index (χ0v) is 14.7. The van der Waals surface area contributed by atoms with Crippen LogP contribution in [0, 0.1) is 19.3 Å². The van der Waals surface area contributed by atoms with Crippen molar-refractivity contribution in [2.24, 2.45) is 5.73 Å². The summed E-state index contributed by atoms with van der Waals surface area (Å²) in [5, 5.41) is 7.87. The van der Waals surface area contributed by atoms with E-state index in [0.29, 0.717) is 35.8 Å². The number of carbonyl (C=O) groups excluding carboxylic acids is 1. The van der Waals surface area contributed by atoms with Crippen molar-refractivity contribution in [3.05, 3.63) is 17.2 Å². The van der Waals surface area contributed by atoms with E-state index in [1.54, 1.807) is 18.1 Å². The molecule has 0 fully saturated rings. The first kappa shape index (κ1) is 18.6. The summed E-state index contributed by atoms with van der Waals surface area (Å²) in [6, 6.07) is 1.44. The largest absolute Gasteiger partial charge is 0.493 e. The standard InChI is InChI=1S/C16H26N4O3/c1-7-19(8-2)16(21)20(15(17)18)13-10(3)9-12(22-5)14(23-6)11(13)4/h9H,7-8H2,1-6H3,(H3,17,18). The number of methoxy groups -OCH3 is 2. The Bertz CT molecular complexity index is 597. The molecule has 7 heteroatoms. The molecule has 1 aromatic carbocycles. The molecular weight excluding hydrogens is 296 g/mol. The van der Waals surface area contributed by atoms with Gasteiger partial charge in [-0.3, -0.25) is 5.41 Å². The Morgan fingerprint density at radius 3 is 2.17 bits per heavy atom. The third kappa shape index (κ3) is 3.49. The molecule has 0 radical (unpaired) electrons. The fraction of sp³-hybridized carbons (Fsp3) is 0.500. The fourth-order valence-corrected chi connectivity index (χ4v) is 2.62. The van der Waals surface area contributed by atoms with Gasteiger partial charge in [-0.1, -0.05) is 0 Å². The Kier molecular flexibility index (Phi) is 6.24. The molecule has 128 valence electrons. The summed E-state index contributed by atoms with van der Waals surface area (Å²) < 4.78 is 10.7. The van der Waals surface area contributed by atoms with Crippen LogP contribution in [0.4, 0.5) is 10.5 Å². The Morgan fingerprint density at radius 2 is 1.78 bits per heavy atom. The van der Waals surface area contributed by atoms with E-state index in [4.69, 9.17) is 20.6 Å². The third-order valence-corrected chi connectivity index (χ3v) is 3.75. The number of hydrogen-bond acceptors (Lipinski definition) is 4. The lowest BCUT2D eigenvalue weighted by molar-refractivity contribution is 0.213. The average molecular weight is 322 g/mol. The molecule has 0 saturated carbocycles. The van der Waals surface area contributed by atoms with Gasteiger partial charge < -0.3 is 20.1 Å². The number of anilines is 1. The molecule has 1 aromatic rings. The topological polar surface area (TPSA) is 91.9 Å². The van der Waals surface area contributed by atoms with Crippen LogP contribution >= 0.6 is 0 Å². The second-order valence-corrected chi connectivity index (χ2v) is 5.08. The van der Waals surface area contributed by atoms with E-state index in [1.165, 1.54) is 12.0 Å². The molecule has 0 aliphatic rings. The summed E-state index contributed by atoms with van der Waals surface area (Å²) in [6.07, 6.45) is 0. The molecule has 0 bridgehead atoms. The molecule has 0 heterocycles. The van der Waals surface area contributed by atoms with E-state index in [9.17, 15) is 4.79 Å². The van der Waals surface area contributed by atoms with Gasteiger partial charge in [0.25, 0.3) is 0 Å². The number of nitrogens with two attached hydrogens (primary N) is 1. The molecule has 0 aliphatic carbocycles. The normalized spacial score (nSPS) is 10.2. The van der Waals surface area contributed by atoms with Gasteiger partial charge in [-0.15, -0.1) is 0 Å². The smallest absolute Gasteiger partial charge is 0.331 e. The molecule has 23 heavy (non-hydrogen) atoms. The Hall–Kier alpha value is -2.44. The monoisotopic (exact) mass is 322 g/mol. The van der Waals surface area contributed by atoms with Gasteiger partial charge in [0.15, 0.2) is 11.5 Å². The summed E-state index contributed by atoms with van der Waals surface area (Å²) in [4.78, 5) is 15.6. The Morgan fingerprint density at radius 1 is 1.22 bits per heavy atom. The van der Waals surface area contributed by atoms with Crippen molar-refractivity contribution in [3.63, 3.8) is 0 Å². The molecule has 0 unspecified atom stereocenters. The van der Waals surface area contributed by atoms with Crippen LogP contribution in [-0.2, 0) is 0 Å². The van der Waals surface area contributed by atoms with Gasteiger partial charge >= 0.3 is 6.03 Å². The lowest BCUT2D eigenvalue weighted by Crippen LogP contribution is -2.49. The highest BCUT2D eigenvalue weighted by Gasteiger charge is 2.28. The van der Waals surface area contributed by atoms with Crippen molar-refractivity contribution in [2.45, 2.75) is 27.7 Å². The van der Waals surface area contributed by atoms with Crippen molar-refractivity contribution >= 4 is 17.7 Å². The van der Waals surface area contributed by atoms with Gasteiger partial charge in [0.05, 0.1) is 19.9 Å². The Labute approximate surface area is 137 Å². The van der Waals surface area contributed by atoms with Gasteiger partial charge in [0, 0.05) is 18.7 Å². The van der Waals surface area contributed by atoms with Gasteiger partial charge in [0.2, 0.25) is 5.96 Å². The second-order valence-electron chi connectivity index (χ2n) is 5.08. The van der Waals surface area contributed by atoms with Gasteiger partial charge in [-0.2, -0.15) is 0 Å². The highest BCUT2D eigenvalue weighted by molar-refractivity contribution is 6.15. The molecule has 7 nitrogen and oxygen atoms in total. The highest BCUT2D eigenvalue weighted by atomic mass is 16.5. The number of benzene rings is 1. The van der Waals surface area contributed by atoms with Crippen LogP contribution in [0.1, 0.15) is 25.0 Å². The average Bonchev–Trinajstić information content (AvgIpc) is 2.51. The summed E-state index contributed by atoms with van der Waals surface area (Å²) in [7, 11) is 3.09. The van der Waals surface area contributed by atoms with Crippen molar-refractivity contribution in [2.75, 3.05) is 32.2 Å². The van der Waals surface area contributed by atoms with Crippen molar-refractivity contribution in [3.8, 4) is 11.5 Å². The zero-order chi connectivity index (χ0) is 17.7. The Balaban J connectivity index is 3.56. The molecular formula is C16H26N4O3. The van der Waals surface area contributed by atoms with Crippen LogP contribution in [-0.4, -0.2) is 44.2 Å². The van der Waals surface area contributed by atoms with Gasteiger partial charge in [0.1, 0.15) is 0 Å². The van der Waals surface area contributed by atoms with E-state index < -0.39 is 0 Å². The minimum absolute atomic E-state index is 0.332. The third-order valence-electron chi connectivity index (χ3n) is 3.75. The molecule has 0 aliphatic heterocycles. The lowest BCUT2D eigenvalue weighted by atomic mass is 10.1. The number of aryl methyl sites for hydroxylation is 1.